The number of benzene rings is 2. The van der Waals surface area contributed by atoms with Crippen LogP contribution in [-0.4, -0.2) is 36.8 Å². The van der Waals surface area contributed by atoms with Gasteiger partial charge >= 0.3 is 6.36 Å². The number of aromatic nitrogens is 1. The normalized spacial score (nSPS) is 16.9. The van der Waals surface area contributed by atoms with Gasteiger partial charge in [-0.2, -0.15) is 0 Å². The summed E-state index contributed by atoms with van der Waals surface area (Å²) in [6.45, 7) is 4.64. The Labute approximate surface area is 217 Å². The average Bonchev–Trinajstić information content (AvgIpc) is 3.34. The third-order valence-electron chi connectivity index (χ3n) is 6.21. The lowest BCUT2D eigenvalue weighted by atomic mass is 10.0. The maximum atomic E-state index is 12.6. The van der Waals surface area contributed by atoms with Crippen molar-refractivity contribution >= 4 is 32.2 Å². The molecule has 4 rings (SSSR count). The minimum absolute atomic E-state index is 0.00143. The first-order valence-electron chi connectivity index (χ1n) is 11.5. The summed E-state index contributed by atoms with van der Waals surface area (Å²) in [5.74, 6) is -0.511. The first-order chi connectivity index (χ1) is 17.3. The molecule has 2 aromatic carbocycles. The number of hydrogen-bond donors (Lipinski definition) is 1. The van der Waals surface area contributed by atoms with E-state index in [1.165, 1.54) is 35.6 Å². The van der Waals surface area contributed by atoms with Crippen LogP contribution in [0.2, 0.25) is 0 Å². The van der Waals surface area contributed by atoms with Crippen LogP contribution in [0.4, 0.5) is 18.3 Å². The van der Waals surface area contributed by atoms with E-state index in [9.17, 15) is 26.4 Å². The number of ether oxygens (including phenoxy) is 1. The standard InChI is InChI=1S/C25H26F3N3O4S2/c1-4-20-23-21(14-31(20)15(2)17-7-9-18(10-8-17)35-25(26,27)28)36-24(30-23)29-22(32)13-16-5-11-19(12-6-16)37(3,33)34/h5-12,15,20H,4,13-14H2,1-3H3,(H,29,30,32)/t15-,20-/m1/s1. The van der Waals surface area contributed by atoms with Crippen molar-refractivity contribution in [3.8, 4) is 5.75 Å². The lowest BCUT2D eigenvalue weighted by Gasteiger charge is -2.30. The van der Waals surface area contributed by atoms with Gasteiger partial charge < -0.3 is 10.1 Å². The fourth-order valence-electron chi connectivity index (χ4n) is 4.40. The van der Waals surface area contributed by atoms with Crippen LogP contribution in [0.25, 0.3) is 0 Å². The van der Waals surface area contributed by atoms with Gasteiger partial charge in [-0.15, -0.1) is 24.5 Å². The Kier molecular flexibility index (Phi) is 7.63. The molecule has 2 heterocycles. The van der Waals surface area contributed by atoms with Crippen molar-refractivity contribution < 1.29 is 31.1 Å². The molecule has 1 aliphatic rings. The van der Waals surface area contributed by atoms with Gasteiger partial charge in [0.05, 0.1) is 23.1 Å². The zero-order valence-electron chi connectivity index (χ0n) is 20.4. The minimum Gasteiger partial charge on any atom is -0.406 e. The molecule has 0 fully saturated rings. The molecule has 1 N–H and O–H groups in total. The van der Waals surface area contributed by atoms with Crippen LogP contribution in [0.3, 0.4) is 0 Å². The topological polar surface area (TPSA) is 88.6 Å². The van der Waals surface area contributed by atoms with Crippen molar-refractivity contribution in [3.63, 3.8) is 0 Å². The van der Waals surface area contributed by atoms with E-state index in [1.807, 2.05) is 13.8 Å². The predicted octanol–water partition coefficient (Wildman–Crippen LogP) is 5.65. The van der Waals surface area contributed by atoms with Crippen LogP contribution in [0.5, 0.6) is 5.75 Å². The monoisotopic (exact) mass is 553 g/mol. The maximum Gasteiger partial charge on any atom is 0.573 e. The molecule has 1 aromatic heterocycles. The molecular weight excluding hydrogens is 527 g/mol. The van der Waals surface area contributed by atoms with E-state index in [4.69, 9.17) is 0 Å². The highest BCUT2D eigenvalue weighted by Gasteiger charge is 2.36. The fourth-order valence-corrected chi connectivity index (χ4v) is 6.07. The molecule has 3 aromatic rings. The number of rotatable bonds is 8. The number of halogens is 3. The summed E-state index contributed by atoms with van der Waals surface area (Å²) < 4.78 is 64.5. The van der Waals surface area contributed by atoms with E-state index in [2.05, 4.69) is 19.9 Å². The second-order valence-corrected chi connectivity index (χ2v) is 12.0. The Hall–Kier alpha value is -2.96. The summed E-state index contributed by atoms with van der Waals surface area (Å²) in [5.41, 5.74) is 2.44. The number of hydrogen-bond acceptors (Lipinski definition) is 7. The van der Waals surface area contributed by atoms with E-state index in [-0.39, 0.29) is 35.1 Å². The molecule has 0 saturated carbocycles. The maximum absolute atomic E-state index is 12.6. The number of carbonyl (C=O) groups excluding carboxylic acids is 1. The number of nitrogens with zero attached hydrogens (tertiary/aromatic N) is 2. The Bertz CT molecular complexity index is 1370. The molecule has 0 radical (unpaired) electrons. The summed E-state index contributed by atoms with van der Waals surface area (Å²) in [6, 6.07) is 12.0. The quantitative estimate of drug-likeness (QED) is 0.388. The first-order valence-corrected chi connectivity index (χ1v) is 14.2. The molecule has 0 unspecified atom stereocenters. The third kappa shape index (κ3) is 6.49. The third-order valence-corrected chi connectivity index (χ3v) is 8.31. The number of fused-ring (bicyclic) bond motifs is 1. The van der Waals surface area contributed by atoms with Crippen molar-refractivity contribution in [1.29, 1.82) is 0 Å². The van der Waals surface area contributed by atoms with Crippen molar-refractivity contribution in [1.82, 2.24) is 9.88 Å². The smallest absolute Gasteiger partial charge is 0.406 e. The van der Waals surface area contributed by atoms with Gasteiger partial charge in [0.15, 0.2) is 15.0 Å². The number of thiazole rings is 1. The highest BCUT2D eigenvalue weighted by atomic mass is 32.2. The van der Waals surface area contributed by atoms with Crippen LogP contribution in [0.15, 0.2) is 53.4 Å². The predicted molar refractivity (Wildman–Crippen MR) is 134 cm³/mol. The van der Waals surface area contributed by atoms with Crippen LogP contribution >= 0.6 is 11.3 Å². The molecule has 12 heteroatoms. The van der Waals surface area contributed by atoms with Gasteiger partial charge in [-0.25, -0.2) is 13.4 Å². The van der Waals surface area contributed by atoms with Crippen LogP contribution < -0.4 is 10.1 Å². The summed E-state index contributed by atoms with van der Waals surface area (Å²) in [4.78, 5) is 20.7. The second-order valence-electron chi connectivity index (χ2n) is 8.86. The van der Waals surface area contributed by atoms with E-state index in [1.54, 1.807) is 24.3 Å². The Balaban J connectivity index is 1.40. The van der Waals surface area contributed by atoms with E-state index < -0.39 is 16.2 Å². The molecule has 0 bridgehead atoms. The second kappa shape index (κ2) is 10.4. The number of amides is 1. The Morgan fingerprint density at radius 1 is 1.19 bits per heavy atom. The van der Waals surface area contributed by atoms with Crippen LogP contribution in [0.1, 0.15) is 54.0 Å². The Morgan fingerprint density at radius 2 is 1.84 bits per heavy atom. The molecule has 198 valence electrons. The van der Waals surface area contributed by atoms with Crippen LogP contribution in [0, 0.1) is 0 Å². The largest absolute Gasteiger partial charge is 0.573 e. The number of sulfone groups is 1. The minimum atomic E-state index is -4.73. The van der Waals surface area contributed by atoms with Crippen LogP contribution in [-0.2, 0) is 27.6 Å². The molecule has 0 aliphatic carbocycles. The Morgan fingerprint density at radius 3 is 2.41 bits per heavy atom. The highest BCUT2D eigenvalue weighted by Crippen LogP contribution is 2.44. The lowest BCUT2D eigenvalue weighted by molar-refractivity contribution is -0.274. The highest BCUT2D eigenvalue weighted by molar-refractivity contribution is 7.90. The lowest BCUT2D eigenvalue weighted by Crippen LogP contribution is -2.26. The van der Waals surface area contributed by atoms with Gasteiger partial charge in [0.25, 0.3) is 0 Å². The molecular formula is C25H26F3N3O4S2. The average molecular weight is 554 g/mol. The SMILES string of the molecule is CC[C@@H]1c2nc(NC(=O)Cc3ccc(S(C)(=O)=O)cc3)sc2CN1[C@H](C)c1ccc(OC(F)(F)F)cc1. The van der Waals surface area contributed by atoms with E-state index >= 15 is 0 Å². The van der Waals surface area contributed by atoms with Crippen molar-refractivity contribution in [2.75, 3.05) is 11.6 Å². The number of nitrogens with one attached hydrogen (secondary N) is 1. The van der Waals surface area contributed by atoms with Crippen molar-refractivity contribution in [2.45, 2.75) is 56.6 Å². The molecule has 7 nitrogen and oxygen atoms in total. The number of anilines is 1. The van der Waals surface area contributed by atoms with Gasteiger partial charge in [0.2, 0.25) is 5.91 Å². The number of alkyl halides is 3. The van der Waals surface area contributed by atoms with Crippen molar-refractivity contribution in [3.05, 3.63) is 70.2 Å². The first kappa shape index (κ1) is 27.1. The molecule has 0 spiro atoms. The summed E-state index contributed by atoms with van der Waals surface area (Å²) in [5, 5.41) is 3.34. The van der Waals surface area contributed by atoms with Gasteiger partial charge in [0, 0.05) is 23.7 Å². The molecule has 1 amide bonds. The van der Waals surface area contributed by atoms with Crippen molar-refractivity contribution in [2.24, 2.45) is 0 Å². The molecule has 37 heavy (non-hydrogen) atoms. The summed E-state index contributed by atoms with van der Waals surface area (Å²) >= 11 is 1.40. The fraction of sp³-hybridized carbons (Fsp3) is 0.360. The zero-order valence-corrected chi connectivity index (χ0v) is 22.0. The summed E-state index contributed by atoms with van der Waals surface area (Å²) in [7, 11) is -3.30. The number of carbonyl (C=O) groups is 1. The van der Waals surface area contributed by atoms with Gasteiger partial charge in [-0.05, 0) is 48.7 Å². The van der Waals surface area contributed by atoms with Gasteiger partial charge in [-0.3, -0.25) is 9.69 Å². The summed E-state index contributed by atoms with van der Waals surface area (Å²) in [6.07, 6.45) is -2.74. The van der Waals surface area contributed by atoms with E-state index in [0.29, 0.717) is 17.2 Å². The molecule has 2 atom stereocenters. The van der Waals surface area contributed by atoms with Gasteiger partial charge in [-0.1, -0.05) is 31.2 Å². The molecule has 1 aliphatic heterocycles. The van der Waals surface area contributed by atoms with Gasteiger partial charge in [0.1, 0.15) is 5.75 Å². The molecule has 0 saturated heterocycles. The zero-order chi connectivity index (χ0) is 27.0. The van der Waals surface area contributed by atoms with E-state index in [0.717, 1.165) is 28.8 Å².